The van der Waals surface area contributed by atoms with Crippen molar-refractivity contribution in [2.24, 2.45) is 11.8 Å². The van der Waals surface area contributed by atoms with Crippen molar-refractivity contribution in [3.8, 4) is 11.1 Å². The Morgan fingerprint density at radius 1 is 1.04 bits per heavy atom. The molecule has 1 fully saturated rings. The molecule has 7 heteroatoms. The zero-order chi connectivity index (χ0) is 19.4. The molecule has 3 N–H and O–H groups in total. The number of hydrazine groups is 1. The summed E-state index contributed by atoms with van der Waals surface area (Å²) in [6.07, 6.45) is 2.63. The summed E-state index contributed by atoms with van der Waals surface area (Å²) in [5, 5.41) is 11.1. The SMILES string of the molecule is Cc1scc(C(=O)NNC(=O)[C@@H]2CCCC[C@H]2C(=O)O)c1-c1ccccc1. The summed E-state index contributed by atoms with van der Waals surface area (Å²) < 4.78 is 0. The van der Waals surface area contributed by atoms with Crippen LogP contribution in [0.3, 0.4) is 0 Å². The Hall–Kier alpha value is -2.67. The number of carboxylic acids is 1. The van der Waals surface area contributed by atoms with E-state index in [2.05, 4.69) is 10.9 Å². The molecule has 0 radical (unpaired) electrons. The zero-order valence-corrected chi connectivity index (χ0v) is 15.8. The van der Waals surface area contributed by atoms with Crippen molar-refractivity contribution in [2.75, 3.05) is 0 Å². The second-order valence-electron chi connectivity index (χ2n) is 6.73. The van der Waals surface area contributed by atoms with Crippen LogP contribution >= 0.6 is 11.3 Å². The highest BCUT2D eigenvalue weighted by Crippen LogP contribution is 2.32. The van der Waals surface area contributed by atoms with Crippen molar-refractivity contribution >= 4 is 29.1 Å². The first-order valence-corrected chi connectivity index (χ1v) is 9.83. The number of amides is 2. The molecule has 1 aliphatic carbocycles. The number of carboxylic acid groups (broad SMARTS) is 1. The topological polar surface area (TPSA) is 95.5 Å². The molecule has 2 atom stereocenters. The van der Waals surface area contributed by atoms with Crippen LogP contribution in [0, 0.1) is 18.8 Å². The number of hydrogen-bond acceptors (Lipinski definition) is 4. The van der Waals surface area contributed by atoms with E-state index in [-0.39, 0.29) is 0 Å². The van der Waals surface area contributed by atoms with E-state index >= 15 is 0 Å². The predicted octanol–water partition coefficient (Wildman–Crippen LogP) is 3.38. The van der Waals surface area contributed by atoms with Crippen molar-refractivity contribution in [2.45, 2.75) is 32.6 Å². The Morgan fingerprint density at radius 2 is 1.70 bits per heavy atom. The second-order valence-corrected chi connectivity index (χ2v) is 7.81. The normalized spacial score (nSPS) is 19.3. The van der Waals surface area contributed by atoms with E-state index in [1.54, 1.807) is 5.38 Å². The monoisotopic (exact) mass is 386 g/mol. The average molecular weight is 386 g/mol. The van der Waals surface area contributed by atoms with Gasteiger partial charge in [0.1, 0.15) is 0 Å². The fourth-order valence-electron chi connectivity index (χ4n) is 3.60. The molecule has 2 amide bonds. The molecule has 3 rings (SSSR count). The van der Waals surface area contributed by atoms with Crippen LogP contribution in [0.15, 0.2) is 35.7 Å². The van der Waals surface area contributed by atoms with Crippen LogP contribution < -0.4 is 10.9 Å². The Labute approximate surface area is 161 Å². The standard InChI is InChI=1S/C20H22N2O4S/c1-12-17(13-7-3-2-4-8-13)16(11-27-12)19(24)22-21-18(23)14-9-5-6-10-15(14)20(25)26/h2-4,7-8,11,14-15H,5-6,9-10H2,1H3,(H,21,23)(H,22,24)(H,25,26)/t14-,15-/m1/s1. The summed E-state index contributed by atoms with van der Waals surface area (Å²) >= 11 is 1.47. The van der Waals surface area contributed by atoms with E-state index < -0.39 is 29.6 Å². The number of aliphatic carboxylic acids is 1. The molecule has 1 saturated carbocycles. The first-order chi connectivity index (χ1) is 13.0. The molecule has 0 unspecified atom stereocenters. The maximum atomic E-state index is 12.6. The highest BCUT2D eigenvalue weighted by atomic mass is 32.1. The van der Waals surface area contributed by atoms with Crippen LogP contribution in [0.5, 0.6) is 0 Å². The number of rotatable bonds is 4. The molecular weight excluding hydrogens is 364 g/mol. The van der Waals surface area contributed by atoms with Gasteiger partial charge in [0.05, 0.1) is 17.4 Å². The third kappa shape index (κ3) is 4.19. The van der Waals surface area contributed by atoms with Crippen molar-refractivity contribution in [1.82, 2.24) is 10.9 Å². The summed E-state index contributed by atoms with van der Waals surface area (Å²) in [6.45, 7) is 1.95. The number of benzene rings is 1. The van der Waals surface area contributed by atoms with Gasteiger partial charge >= 0.3 is 5.97 Å². The van der Waals surface area contributed by atoms with Crippen molar-refractivity contribution < 1.29 is 19.5 Å². The van der Waals surface area contributed by atoms with E-state index in [1.165, 1.54) is 11.3 Å². The zero-order valence-electron chi connectivity index (χ0n) is 15.0. The third-order valence-electron chi connectivity index (χ3n) is 5.00. The van der Waals surface area contributed by atoms with Gasteiger partial charge in [-0.15, -0.1) is 11.3 Å². The fraction of sp³-hybridized carbons (Fsp3) is 0.350. The quantitative estimate of drug-likeness (QED) is 0.702. The number of carbonyl (C=O) groups is 3. The van der Waals surface area contributed by atoms with Gasteiger partial charge in [0, 0.05) is 15.8 Å². The minimum absolute atomic E-state index is 0.408. The number of aryl methyl sites for hydroxylation is 1. The molecule has 2 aromatic rings. The van der Waals surface area contributed by atoms with Gasteiger partial charge in [0.2, 0.25) is 5.91 Å². The second kappa shape index (κ2) is 8.35. The van der Waals surface area contributed by atoms with Crippen molar-refractivity contribution in [1.29, 1.82) is 0 Å². The lowest BCUT2D eigenvalue weighted by molar-refractivity contribution is -0.149. The number of hydrogen-bond donors (Lipinski definition) is 3. The van der Waals surface area contributed by atoms with Gasteiger partial charge in [-0.1, -0.05) is 43.2 Å². The Balaban J connectivity index is 1.70. The minimum atomic E-state index is -0.957. The van der Waals surface area contributed by atoms with Gasteiger partial charge in [-0.05, 0) is 25.3 Å². The Kier molecular flexibility index (Phi) is 5.91. The van der Waals surface area contributed by atoms with Crippen molar-refractivity contribution in [3.05, 3.63) is 46.2 Å². The maximum absolute atomic E-state index is 12.6. The van der Waals surface area contributed by atoms with E-state index in [0.29, 0.717) is 18.4 Å². The molecule has 1 heterocycles. The van der Waals surface area contributed by atoms with Crippen LogP contribution in [0.2, 0.25) is 0 Å². The summed E-state index contributed by atoms with van der Waals surface area (Å²) in [7, 11) is 0. The number of carbonyl (C=O) groups excluding carboxylic acids is 2. The first kappa shape index (κ1) is 19.1. The third-order valence-corrected chi connectivity index (χ3v) is 5.91. The molecule has 0 saturated heterocycles. The molecule has 0 bridgehead atoms. The molecule has 6 nitrogen and oxygen atoms in total. The van der Waals surface area contributed by atoms with Gasteiger partial charge in [-0.25, -0.2) is 0 Å². The van der Waals surface area contributed by atoms with Crippen LogP contribution in [0.1, 0.15) is 40.9 Å². The summed E-state index contributed by atoms with van der Waals surface area (Å²) in [4.78, 5) is 37.4. The van der Waals surface area contributed by atoms with Gasteiger partial charge in [-0.3, -0.25) is 25.2 Å². The van der Waals surface area contributed by atoms with Gasteiger partial charge in [0.15, 0.2) is 0 Å². The molecule has 1 aliphatic rings. The molecule has 0 aliphatic heterocycles. The number of thiophene rings is 1. The molecule has 0 spiro atoms. The van der Waals surface area contributed by atoms with Gasteiger partial charge in [-0.2, -0.15) is 0 Å². The summed E-state index contributed by atoms with van der Waals surface area (Å²) in [6, 6.07) is 9.60. The smallest absolute Gasteiger partial charge is 0.307 e. The molecule has 27 heavy (non-hydrogen) atoms. The van der Waals surface area contributed by atoms with E-state index in [4.69, 9.17) is 0 Å². The van der Waals surface area contributed by atoms with E-state index in [9.17, 15) is 19.5 Å². The van der Waals surface area contributed by atoms with Crippen molar-refractivity contribution in [3.63, 3.8) is 0 Å². The molecule has 142 valence electrons. The van der Waals surface area contributed by atoms with E-state index in [0.717, 1.165) is 28.8 Å². The molecule has 1 aromatic heterocycles. The average Bonchev–Trinajstić information content (AvgIpc) is 3.08. The van der Waals surface area contributed by atoms with Crippen LogP contribution in [-0.2, 0) is 9.59 Å². The molecule has 1 aromatic carbocycles. The largest absolute Gasteiger partial charge is 0.481 e. The lowest BCUT2D eigenvalue weighted by atomic mass is 9.79. The van der Waals surface area contributed by atoms with Gasteiger partial charge < -0.3 is 5.11 Å². The predicted molar refractivity (Wildman–Crippen MR) is 103 cm³/mol. The molecular formula is C20H22N2O4S. The van der Waals surface area contributed by atoms with Gasteiger partial charge in [0.25, 0.3) is 5.91 Å². The Morgan fingerprint density at radius 3 is 2.37 bits per heavy atom. The Bertz CT molecular complexity index is 847. The van der Waals surface area contributed by atoms with Crippen LogP contribution in [-0.4, -0.2) is 22.9 Å². The number of nitrogens with one attached hydrogen (secondary N) is 2. The maximum Gasteiger partial charge on any atom is 0.307 e. The highest BCUT2D eigenvalue weighted by Gasteiger charge is 2.35. The minimum Gasteiger partial charge on any atom is -0.481 e. The summed E-state index contributed by atoms with van der Waals surface area (Å²) in [5.41, 5.74) is 7.15. The first-order valence-electron chi connectivity index (χ1n) is 8.95. The van der Waals surface area contributed by atoms with Crippen LogP contribution in [0.25, 0.3) is 11.1 Å². The highest BCUT2D eigenvalue weighted by molar-refractivity contribution is 7.10. The van der Waals surface area contributed by atoms with Crippen LogP contribution in [0.4, 0.5) is 0 Å². The lowest BCUT2D eigenvalue weighted by Gasteiger charge is -2.27. The fourth-order valence-corrected chi connectivity index (χ4v) is 4.47. The lowest BCUT2D eigenvalue weighted by Crippen LogP contribution is -2.47. The summed E-state index contributed by atoms with van der Waals surface area (Å²) in [5.74, 6) is -3.12. The van der Waals surface area contributed by atoms with E-state index in [1.807, 2.05) is 37.3 Å².